The number of likely N-dealkylation sites (N-methyl/N-ethyl adjacent to an activating group) is 1. The Hall–Kier alpha value is 0.120. The highest BCUT2D eigenvalue weighted by Gasteiger charge is 2.39. The molecular weight excluding hydrogens is 274 g/mol. The third kappa shape index (κ3) is 3.36. The molecule has 5 nitrogen and oxygen atoms in total. The van der Waals surface area contributed by atoms with Crippen molar-refractivity contribution in [3.05, 3.63) is 0 Å². The Labute approximate surface area is 116 Å². The van der Waals surface area contributed by atoms with Crippen molar-refractivity contribution in [2.75, 3.05) is 26.7 Å². The molecule has 0 radical (unpaired) electrons. The van der Waals surface area contributed by atoms with Gasteiger partial charge in [-0.25, -0.2) is 0 Å². The Morgan fingerprint density at radius 2 is 1.83 bits per heavy atom. The van der Waals surface area contributed by atoms with E-state index in [2.05, 4.69) is 0 Å². The van der Waals surface area contributed by atoms with E-state index in [1.807, 2.05) is 0 Å². The second kappa shape index (κ2) is 6.52. The first-order valence-corrected chi connectivity index (χ1v) is 7.90. The predicted molar refractivity (Wildman–Crippen MR) is 74.9 cm³/mol. The molecule has 1 unspecified atom stereocenters. The highest BCUT2D eigenvalue weighted by atomic mass is 35.5. The summed E-state index contributed by atoms with van der Waals surface area (Å²) in [5.74, 6) is 0.476. The van der Waals surface area contributed by atoms with E-state index in [0.29, 0.717) is 25.6 Å². The molecule has 1 atom stereocenters. The third-order valence-corrected chi connectivity index (χ3v) is 5.90. The lowest BCUT2D eigenvalue weighted by Crippen LogP contribution is -2.51. The zero-order valence-electron chi connectivity index (χ0n) is 10.9. The molecule has 1 saturated heterocycles. The van der Waals surface area contributed by atoms with Gasteiger partial charge in [-0.1, -0.05) is 6.42 Å². The summed E-state index contributed by atoms with van der Waals surface area (Å²) in [7, 11) is -1.61. The molecule has 0 aromatic carbocycles. The maximum Gasteiger partial charge on any atom is 0.282 e. The summed E-state index contributed by atoms with van der Waals surface area (Å²) in [6.07, 6.45) is 5.32. The van der Waals surface area contributed by atoms with E-state index >= 15 is 0 Å². The van der Waals surface area contributed by atoms with Crippen LogP contribution in [0.4, 0.5) is 0 Å². The summed E-state index contributed by atoms with van der Waals surface area (Å²) in [5.41, 5.74) is 5.72. The highest BCUT2D eigenvalue weighted by Crippen LogP contribution is 2.35. The molecule has 1 aliphatic carbocycles. The zero-order valence-corrected chi connectivity index (χ0v) is 12.5. The van der Waals surface area contributed by atoms with Gasteiger partial charge in [0.25, 0.3) is 10.2 Å². The van der Waals surface area contributed by atoms with E-state index in [4.69, 9.17) is 5.73 Å². The maximum atomic E-state index is 12.4. The van der Waals surface area contributed by atoms with Gasteiger partial charge in [0, 0.05) is 32.7 Å². The van der Waals surface area contributed by atoms with Crippen molar-refractivity contribution in [2.24, 2.45) is 11.7 Å². The number of hydrogen-bond acceptors (Lipinski definition) is 3. The van der Waals surface area contributed by atoms with Crippen molar-refractivity contribution < 1.29 is 8.42 Å². The first-order valence-electron chi connectivity index (χ1n) is 6.50. The minimum atomic E-state index is -3.29. The summed E-state index contributed by atoms with van der Waals surface area (Å²) in [6.45, 7) is 1.75. The number of nitrogens with two attached hydrogens (primary N) is 1. The van der Waals surface area contributed by atoms with Gasteiger partial charge in [-0.2, -0.15) is 17.0 Å². The highest BCUT2D eigenvalue weighted by molar-refractivity contribution is 7.86. The summed E-state index contributed by atoms with van der Waals surface area (Å²) in [6, 6.07) is -0.0121. The normalized spacial score (nSPS) is 23.7. The van der Waals surface area contributed by atoms with Gasteiger partial charge in [0.2, 0.25) is 0 Å². The second-order valence-corrected chi connectivity index (χ2v) is 7.11. The topological polar surface area (TPSA) is 66.6 Å². The molecule has 2 fully saturated rings. The molecule has 1 saturated carbocycles. The van der Waals surface area contributed by atoms with Crippen LogP contribution in [-0.2, 0) is 10.2 Å². The lowest BCUT2D eigenvalue weighted by Gasteiger charge is -2.34. The summed E-state index contributed by atoms with van der Waals surface area (Å²) in [4.78, 5) is 0. The summed E-state index contributed by atoms with van der Waals surface area (Å²) >= 11 is 0. The lowest BCUT2D eigenvalue weighted by molar-refractivity contribution is 0.279. The molecule has 2 aliphatic rings. The van der Waals surface area contributed by atoms with E-state index in [-0.39, 0.29) is 18.4 Å². The van der Waals surface area contributed by atoms with Crippen molar-refractivity contribution in [3.63, 3.8) is 0 Å². The number of piperidine rings is 1. The molecule has 18 heavy (non-hydrogen) atoms. The average molecular weight is 298 g/mol. The van der Waals surface area contributed by atoms with Crippen molar-refractivity contribution in [3.8, 4) is 0 Å². The average Bonchev–Trinajstić information content (AvgIpc) is 3.15. The first-order chi connectivity index (χ1) is 8.07. The molecule has 2 N–H and O–H groups in total. The van der Waals surface area contributed by atoms with Gasteiger partial charge in [-0.15, -0.1) is 12.4 Å². The van der Waals surface area contributed by atoms with E-state index in [1.54, 1.807) is 11.4 Å². The third-order valence-electron chi connectivity index (χ3n) is 3.88. The van der Waals surface area contributed by atoms with E-state index in [9.17, 15) is 8.42 Å². The quantitative estimate of drug-likeness (QED) is 0.816. The van der Waals surface area contributed by atoms with Gasteiger partial charge in [-0.3, -0.25) is 0 Å². The van der Waals surface area contributed by atoms with Crippen LogP contribution in [0, 0.1) is 5.92 Å². The molecule has 108 valence electrons. The van der Waals surface area contributed by atoms with E-state index in [0.717, 1.165) is 32.1 Å². The smallest absolute Gasteiger partial charge is 0.282 e. The number of hydrogen-bond donors (Lipinski definition) is 1. The lowest BCUT2D eigenvalue weighted by atomic mass is 10.2. The van der Waals surface area contributed by atoms with Crippen LogP contribution in [-0.4, -0.2) is 49.8 Å². The molecule has 0 spiro atoms. The number of halogens is 1. The molecule has 0 aromatic rings. The van der Waals surface area contributed by atoms with Crippen LogP contribution < -0.4 is 5.73 Å². The first kappa shape index (κ1) is 16.2. The fourth-order valence-electron chi connectivity index (χ4n) is 2.57. The van der Waals surface area contributed by atoms with Crippen molar-refractivity contribution >= 4 is 22.6 Å². The Balaban J connectivity index is 0.00000162. The molecule has 0 amide bonds. The van der Waals surface area contributed by atoms with Crippen molar-refractivity contribution in [1.29, 1.82) is 0 Å². The molecule has 0 aromatic heterocycles. The van der Waals surface area contributed by atoms with Crippen LogP contribution >= 0.6 is 12.4 Å². The minimum absolute atomic E-state index is 0. The fourth-order valence-corrected chi connectivity index (χ4v) is 4.25. The second-order valence-electron chi connectivity index (χ2n) is 5.12. The van der Waals surface area contributed by atoms with E-state index < -0.39 is 10.2 Å². The van der Waals surface area contributed by atoms with Crippen molar-refractivity contribution in [2.45, 2.75) is 38.1 Å². The van der Waals surface area contributed by atoms with Gasteiger partial charge in [0.15, 0.2) is 0 Å². The molecule has 1 heterocycles. The molecular formula is C11H24ClN3O2S. The fraction of sp³-hybridized carbons (Fsp3) is 1.00. The van der Waals surface area contributed by atoms with Gasteiger partial charge in [0.1, 0.15) is 0 Å². The molecule has 0 bridgehead atoms. The van der Waals surface area contributed by atoms with Crippen LogP contribution in [0.1, 0.15) is 32.1 Å². The summed E-state index contributed by atoms with van der Waals surface area (Å²) < 4.78 is 28.0. The van der Waals surface area contributed by atoms with Crippen LogP contribution in [0.3, 0.4) is 0 Å². The minimum Gasteiger partial charge on any atom is -0.329 e. The SMILES string of the molecule is CN(C(CN)C1CC1)S(=O)(=O)N1CCCCC1.Cl. The largest absolute Gasteiger partial charge is 0.329 e. The molecule has 7 heteroatoms. The maximum absolute atomic E-state index is 12.4. The molecule has 2 rings (SSSR count). The Morgan fingerprint density at radius 1 is 1.28 bits per heavy atom. The molecule has 1 aliphatic heterocycles. The Bertz CT molecular complexity index is 353. The predicted octanol–water partition coefficient (Wildman–Crippen LogP) is 0.808. The van der Waals surface area contributed by atoms with E-state index in [1.165, 1.54) is 4.31 Å². The van der Waals surface area contributed by atoms with Gasteiger partial charge in [0.05, 0.1) is 0 Å². The van der Waals surface area contributed by atoms with Gasteiger partial charge in [-0.05, 0) is 31.6 Å². The van der Waals surface area contributed by atoms with Crippen molar-refractivity contribution in [1.82, 2.24) is 8.61 Å². The van der Waals surface area contributed by atoms with Crippen LogP contribution in [0.15, 0.2) is 0 Å². The van der Waals surface area contributed by atoms with Gasteiger partial charge < -0.3 is 5.73 Å². The Morgan fingerprint density at radius 3 is 2.28 bits per heavy atom. The standard InChI is InChI=1S/C11H23N3O2S.ClH/c1-13(11(9-12)10-5-6-10)17(15,16)14-7-3-2-4-8-14;/h10-11H,2-9,12H2,1H3;1H. The number of rotatable bonds is 5. The van der Waals surface area contributed by atoms with Crippen LogP contribution in [0.5, 0.6) is 0 Å². The number of nitrogens with zero attached hydrogens (tertiary/aromatic N) is 2. The Kier molecular flexibility index (Phi) is 5.86. The van der Waals surface area contributed by atoms with Crippen LogP contribution in [0.2, 0.25) is 0 Å². The zero-order chi connectivity index (χ0) is 12.5. The van der Waals surface area contributed by atoms with Gasteiger partial charge >= 0.3 is 0 Å². The van der Waals surface area contributed by atoms with Crippen LogP contribution in [0.25, 0.3) is 0 Å². The monoisotopic (exact) mass is 297 g/mol. The summed E-state index contributed by atoms with van der Waals surface area (Å²) in [5, 5.41) is 0.